The number of carbonyl (C=O) groups is 2. The summed E-state index contributed by atoms with van der Waals surface area (Å²) in [6.45, 7) is 3.77. The number of carbonyl (C=O) groups excluding carboxylic acids is 1. The second-order valence-electron chi connectivity index (χ2n) is 7.02. The SMILES string of the molecule is COc1cccc(C(C)(CC(=O)O)NC(=O)CCCc2ccc(C)cc2)c1. The van der Waals surface area contributed by atoms with E-state index in [0.717, 1.165) is 6.42 Å². The second-order valence-corrected chi connectivity index (χ2v) is 7.02. The summed E-state index contributed by atoms with van der Waals surface area (Å²) in [6.07, 6.45) is 1.65. The van der Waals surface area contributed by atoms with Crippen molar-refractivity contribution in [1.29, 1.82) is 0 Å². The van der Waals surface area contributed by atoms with Crippen LogP contribution in [0.2, 0.25) is 0 Å². The van der Waals surface area contributed by atoms with E-state index in [-0.39, 0.29) is 12.3 Å². The van der Waals surface area contributed by atoms with E-state index in [9.17, 15) is 14.7 Å². The smallest absolute Gasteiger partial charge is 0.306 e. The van der Waals surface area contributed by atoms with E-state index in [1.54, 1.807) is 38.3 Å². The Morgan fingerprint density at radius 3 is 2.48 bits per heavy atom. The Balaban J connectivity index is 2.02. The molecule has 27 heavy (non-hydrogen) atoms. The molecule has 1 atom stereocenters. The predicted octanol–water partition coefficient (Wildman–Crippen LogP) is 3.83. The van der Waals surface area contributed by atoms with Crippen LogP contribution in [0.5, 0.6) is 5.75 Å². The summed E-state index contributed by atoms with van der Waals surface area (Å²) in [4.78, 5) is 23.8. The van der Waals surface area contributed by atoms with Gasteiger partial charge in [-0.2, -0.15) is 0 Å². The molecule has 0 fully saturated rings. The molecular weight excluding hydrogens is 342 g/mol. The zero-order chi connectivity index (χ0) is 19.9. The summed E-state index contributed by atoms with van der Waals surface area (Å²) in [5.41, 5.74) is 2.10. The first kappa shape index (κ1) is 20.5. The molecule has 0 aliphatic heterocycles. The zero-order valence-corrected chi connectivity index (χ0v) is 16.1. The van der Waals surface area contributed by atoms with E-state index in [0.29, 0.717) is 24.2 Å². The number of hydrogen-bond acceptors (Lipinski definition) is 3. The van der Waals surface area contributed by atoms with Gasteiger partial charge in [-0.05, 0) is 49.9 Å². The fourth-order valence-corrected chi connectivity index (χ4v) is 3.07. The van der Waals surface area contributed by atoms with Crippen molar-refractivity contribution in [3.05, 3.63) is 65.2 Å². The molecule has 5 nitrogen and oxygen atoms in total. The van der Waals surface area contributed by atoms with Crippen molar-refractivity contribution in [1.82, 2.24) is 5.32 Å². The van der Waals surface area contributed by atoms with Gasteiger partial charge in [-0.15, -0.1) is 0 Å². The average Bonchev–Trinajstić information content (AvgIpc) is 2.62. The van der Waals surface area contributed by atoms with Gasteiger partial charge in [0.15, 0.2) is 0 Å². The summed E-state index contributed by atoms with van der Waals surface area (Å²) in [5, 5.41) is 12.2. The number of amides is 1. The molecule has 0 spiro atoms. The molecule has 0 heterocycles. The maximum Gasteiger partial charge on any atom is 0.306 e. The van der Waals surface area contributed by atoms with Gasteiger partial charge >= 0.3 is 5.97 Å². The van der Waals surface area contributed by atoms with E-state index in [1.807, 2.05) is 6.92 Å². The average molecular weight is 369 g/mol. The molecule has 2 rings (SSSR count). The van der Waals surface area contributed by atoms with Crippen molar-refractivity contribution in [3.63, 3.8) is 0 Å². The first-order valence-electron chi connectivity index (χ1n) is 9.05. The van der Waals surface area contributed by atoms with Crippen LogP contribution in [0.15, 0.2) is 48.5 Å². The van der Waals surface area contributed by atoms with Gasteiger partial charge in [-0.25, -0.2) is 0 Å². The highest BCUT2D eigenvalue weighted by molar-refractivity contribution is 5.78. The number of hydrogen-bond donors (Lipinski definition) is 2. The highest BCUT2D eigenvalue weighted by Crippen LogP contribution is 2.28. The maximum atomic E-state index is 12.5. The van der Waals surface area contributed by atoms with Gasteiger partial charge in [0.1, 0.15) is 5.75 Å². The van der Waals surface area contributed by atoms with E-state index in [1.165, 1.54) is 11.1 Å². The molecule has 1 amide bonds. The number of carboxylic acids is 1. The number of ether oxygens (including phenoxy) is 1. The number of nitrogens with one attached hydrogen (secondary N) is 1. The Hall–Kier alpha value is -2.82. The van der Waals surface area contributed by atoms with Crippen LogP contribution >= 0.6 is 0 Å². The lowest BCUT2D eigenvalue weighted by Crippen LogP contribution is -2.45. The topological polar surface area (TPSA) is 75.6 Å². The van der Waals surface area contributed by atoms with Gasteiger partial charge < -0.3 is 15.2 Å². The summed E-state index contributed by atoms with van der Waals surface area (Å²) in [6, 6.07) is 15.4. The van der Waals surface area contributed by atoms with Crippen molar-refractivity contribution < 1.29 is 19.4 Å². The molecule has 144 valence electrons. The largest absolute Gasteiger partial charge is 0.497 e. The molecule has 2 aromatic carbocycles. The van der Waals surface area contributed by atoms with Crippen molar-refractivity contribution in [3.8, 4) is 5.75 Å². The van der Waals surface area contributed by atoms with Gasteiger partial charge in [0.05, 0.1) is 19.1 Å². The van der Waals surface area contributed by atoms with Crippen molar-refractivity contribution in [2.45, 2.75) is 45.1 Å². The van der Waals surface area contributed by atoms with Crippen LogP contribution in [0, 0.1) is 6.92 Å². The fourth-order valence-electron chi connectivity index (χ4n) is 3.07. The minimum Gasteiger partial charge on any atom is -0.497 e. The van der Waals surface area contributed by atoms with Crippen LogP contribution < -0.4 is 10.1 Å². The second kappa shape index (κ2) is 9.21. The lowest BCUT2D eigenvalue weighted by molar-refractivity contribution is -0.139. The molecule has 2 aromatic rings. The first-order chi connectivity index (χ1) is 12.8. The third-order valence-electron chi connectivity index (χ3n) is 4.62. The highest BCUT2D eigenvalue weighted by atomic mass is 16.5. The lowest BCUT2D eigenvalue weighted by atomic mass is 9.88. The Morgan fingerprint density at radius 2 is 1.85 bits per heavy atom. The molecule has 0 aromatic heterocycles. The normalized spacial score (nSPS) is 12.9. The number of aryl methyl sites for hydroxylation is 2. The van der Waals surface area contributed by atoms with Gasteiger partial charge in [0.25, 0.3) is 0 Å². The minimum absolute atomic E-state index is 0.159. The van der Waals surface area contributed by atoms with Gasteiger partial charge in [-0.3, -0.25) is 9.59 Å². The van der Waals surface area contributed by atoms with Crippen molar-refractivity contribution in [2.75, 3.05) is 7.11 Å². The number of rotatable bonds is 9. The van der Waals surface area contributed by atoms with E-state index < -0.39 is 11.5 Å². The molecule has 0 saturated carbocycles. The number of carboxylic acid groups (broad SMARTS) is 1. The molecule has 0 saturated heterocycles. The van der Waals surface area contributed by atoms with Crippen molar-refractivity contribution in [2.24, 2.45) is 0 Å². The zero-order valence-electron chi connectivity index (χ0n) is 16.1. The molecule has 2 N–H and O–H groups in total. The molecule has 0 aliphatic rings. The molecule has 1 unspecified atom stereocenters. The van der Waals surface area contributed by atoms with E-state index >= 15 is 0 Å². The molecule has 0 bridgehead atoms. The minimum atomic E-state index is -0.999. The maximum absolute atomic E-state index is 12.5. The Morgan fingerprint density at radius 1 is 1.15 bits per heavy atom. The Bertz CT molecular complexity index is 785. The first-order valence-corrected chi connectivity index (χ1v) is 9.05. The van der Waals surface area contributed by atoms with Gasteiger partial charge in [0, 0.05) is 6.42 Å². The van der Waals surface area contributed by atoms with Gasteiger partial charge in [-0.1, -0.05) is 42.0 Å². The predicted molar refractivity (Wildman–Crippen MR) is 105 cm³/mol. The monoisotopic (exact) mass is 369 g/mol. The van der Waals surface area contributed by atoms with Crippen LogP contribution in [0.1, 0.15) is 42.9 Å². The third kappa shape index (κ3) is 6.13. The molecule has 5 heteroatoms. The van der Waals surface area contributed by atoms with Crippen LogP contribution in [-0.4, -0.2) is 24.1 Å². The highest BCUT2D eigenvalue weighted by Gasteiger charge is 2.31. The summed E-state index contributed by atoms with van der Waals surface area (Å²) in [7, 11) is 1.55. The molecular formula is C22H27NO4. The van der Waals surface area contributed by atoms with Gasteiger partial charge in [0.2, 0.25) is 5.91 Å². The van der Waals surface area contributed by atoms with Crippen molar-refractivity contribution >= 4 is 11.9 Å². The number of benzene rings is 2. The van der Waals surface area contributed by atoms with E-state index in [2.05, 4.69) is 29.6 Å². The standard InChI is InChI=1S/C22H27NO4/c1-16-10-12-17(13-11-16)6-4-9-20(24)23-22(2,15-21(25)26)18-7-5-8-19(14-18)27-3/h5,7-8,10-14H,4,6,9,15H2,1-3H3,(H,23,24)(H,25,26). The quantitative estimate of drug-likeness (QED) is 0.704. The van der Waals surface area contributed by atoms with Crippen LogP contribution in [-0.2, 0) is 21.5 Å². The number of aliphatic carboxylic acids is 1. The summed E-state index contributed by atoms with van der Waals surface area (Å²) >= 11 is 0. The number of methoxy groups -OCH3 is 1. The van der Waals surface area contributed by atoms with Crippen LogP contribution in [0.4, 0.5) is 0 Å². The third-order valence-corrected chi connectivity index (χ3v) is 4.62. The van der Waals surface area contributed by atoms with Crippen LogP contribution in [0.25, 0.3) is 0 Å². The molecule has 0 radical (unpaired) electrons. The molecule has 0 aliphatic carbocycles. The fraction of sp³-hybridized carbons (Fsp3) is 0.364. The summed E-state index contributed by atoms with van der Waals surface area (Å²) < 4.78 is 5.22. The lowest BCUT2D eigenvalue weighted by Gasteiger charge is -2.30. The summed E-state index contributed by atoms with van der Waals surface area (Å²) in [5.74, 6) is -0.508. The Labute approximate surface area is 160 Å². The Kier molecular flexibility index (Phi) is 6.99. The van der Waals surface area contributed by atoms with Crippen LogP contribution in [0.3, 0.4) is 0 Å². The van der Waals surface area contributed by atoms with E-state index in [4.69, 9.17) is 4.74 Å².